The highest BCUT2D eigenvalue weighted by molar-refractivity contribution is 6.35. The monoisotopic (exact) mass is 440 g/mol. The highest BCUT2D eigenvalue weighted by Crippen LogP contribution is 2.26. The first-order valence-corrected chi connectivity index (χ1v) is 10.0. The van der Waals surface area contributed by atoms with E-state index in [0.717, 1.165) is 22.0 Å². The number of pyridine rings is 1. The van der Waals surface area contributed by atoms with E-state index in [-0.39, 0.29) is 5.91 Å². The van der Waals surface area contributed by atoms with Crippen LogP contribution in [0.4, 0.5) is 0 Å². The van der Waals surface area contributed by atoms with Gasteiger partial charge >= 0.3 is 0 Å². The molecule has 4 rings (SSSR count). The molecular weight excluding hydrogens is 427 g/mol. The fourth-order valence-electron chi connectivity index (χ4n) is 3.07. The van der Waals surface area contributed by atoms with Crippen LogP contribution in [0.5, 0.6) is 0 Å². The lowest BCUT2D eigenvalue weighted by molar-refractivity contribution is 0.0952. The van der Waals surface area contributed by atoms with E-state index in [2.05, 4.69) is 5.32 Å². The van der Waals surface area contributed by atoms with Crippen molar-refractivity contribution < 1.29 is 4.79 Å². The van der Waals surface area contributed by atoms with Gasteiger partial charge in [-0.15, -0.1) is 0 Å². The van der Waals surface area contributed by atoms with Crippen LogP contribution >= 0.6 is 34.8 Å². The number of para-hydroxylation sites is 1. The zero-order chi connectivity index (χ0) is 20.4. The van der Waals surface area contributed by atoms with Gasteiger partial charge in [-0.25, -0.2) is 4.98 Å². The Labute approximate surface area is 183 Å². The highest BCUT2D eigenvalue weighted by atomic mass is 35.5. The first-order valence-electron chi connectivity index (χ1n) is 8.89. The number of nitrogens with zero attached hydrogens (tertiary/aromatic N) is 1. The Bertz CT molecular complexity index is 1210. The topological polar surface area (TPSA) is 42.0 Å². The van der Waals surface area contributed by atoms with Crippen molar-refractivity contribution in [2.75, 3.05) is 0 Å². The van der Waals surface area contributed by atoms with E-state index in [9.17, 15) is 4.79 Å². The van der Waals surface area contributed by atoms with Gasteiger partial charge in [-0.1, -0.05) is 71.2 Å². The van der Waals surface area contributed by atoms with E-state index < -0.39 is 0 Å². The van der Waals surface area contributed by atoms with Crippen molar-refractivity contribution in [1.29, 1.82) is 0 Å². The molecule has 1 aromatic heterocycles. The molecule has 0 radical (unpaired) electrons. The third-order valence-corrected chi connectivity index (χ3v) is 5.39. The minimum Gasteiger partial charge on any atom is -0.348 e. The minimum atomic E-state index is -0.204. The molecule has 0 saturated carbocycles. The number of rotatable bonds is 4. The fourth-order valence-corrected chi connectivity index (χ4v) is 3.67. The third kappa shape index (κ3) is 4.38. The van der Waals surface area contributed by atoms with Crippen LogP contribution in [0.3, 0.4) is 0 Å². The van der Waals surface area contributed by atoms with E-state index >= 15 is 0 Å². The van der Waals surface area contributed by atoms with Gasteiger partial charge in [0.1, 0.15) is 0 Å². The number of aromatic nitrogens is 1. The predicted molar refractivity (Wildman–Crippen MR) is 120 cm³/mol. The Kier molecular flexibility index (Phi) is 5.72. The van der Waals surface area contributed by atoms with E-state index in [0.29, 0.717) is 32.9 Å². The van der Waals surface area contributed by atoms with Crippen molar-refractivity contribution in [2.45, 2.75) is 6.54 Å². The minimum absolute atomic E-state index is 0.204. The van der Waals surface area contributed by atoms with Crippen LogP contribution in [0, 0.1) is 0 Å². The number of benzene rings is 3. The zero-order valence-corrected chi connectivity index (χ0v) is 17.4. The summed E-state index contributed by atoms with van der Waals surface area (Å²) in [5.41, 5.74) is 3.67. The summed E-state index contributed by atoms with van der Waals surface area (Å²) >= 11 is 18.1. The number of nitrogens with one attached hydrogen (secondary N) is 1. The molecule has 4 aromatic rings. The van der Waals surface area contributed by atoms with Gasteiger partial charge in [0.2, 0.25) is 0 Å². The fraction of sp³-hybridized carbons (Fsp3) is 0.0435. The first-order chi connectivity index (χ1) is 14.0. The normalized spacial score (nSPS) is 10.9. The number of halogens is 3. The highest BCUT2D eigenvalue weighted by Gasteiger charge is 2.14. The quantitative estimate of drug-likeness (QED) is 0.379. The molecule has 144 valence electrons. The van der Waals surface area contributed by atoms with Crippen molar-refractivity contribution in [3.63, 3.8) is 0 Å². The Morgan fingerprint density at radius 1 is 0.862 bits per heavy atom. The number of hydrogen-bond acceptors (Lipinski definition) is 2. The van der Waals surface area contributed by atoms with Crippen LogP contribution in [0.25, 0.3) is 22.2 Å². The van der Waals surface area contributed by atoms with Crippen molar-refractivity contribution in [3.05, 3.63) is 99.0 Å². The number of amides is 1. The summed E-state index contributed by atoms with van der Waals surface area (Å²) in [6.07, 6.45) is 0. The molecule has 1 amide bonds. The van der Waals surface area contributed by atoms with Crippen LogP contribution in [0.1, 0.15) is 15.9 Å². The van der Waals surface area contributed by atoms with E-state index in [4.69, 9.17) is 39.8 Å². The SMILES string of the molecule is O=C(NCc1ccc(Cl)cc1Cl)c1cc(-c2ccc(Cl)cc2)nc2ccccc12. The lowest BCUT2D eigenvalue weighted by atomic mass is 10.0. The Balaban J connectivity index is 1.69. The summed E-state index contributed by atoms with van der Waals surface area (Å²) in [4.78, 5) is 17.7. The molecule has 3 aromatic carbocycles. The van der Waals surface area contributed by atoms with Gasteiger partial charge in [-0.3, -0.25) is 4.79 Å². The van der Waals surface area contributed by atoms with E-state index in [1.165, 1.54) is 0 Å². The maximum Gasteiger partial charge on any atom is 0.252 e. The Morgan fingerprint density at radius 3 is 2.34 bits per heavy atom. The van der Waals surface area contributed by atoms with Gasteiger partial charge in [0.05, 0.1) is 16.8 Å². The second kappa shape index (κ2) is 8.42. The summed E-state index contributed by atoms with van der Waals surface area (Å²) in [6.45, 7) is 0.293. The van der Waals surface area contributed by atoms with Crippen LogP contribution in [-0.2, 0) is 6.54 Å². The molecule has 3 nitrogen and oxygen atoms in total. The maximum atomic E-state index is 13.0. The summed E-state index contributed by atoms with van der Waals surface area (Å²) in [6, 6.07) is 21.9. The lowest BCUT2D eigenvalue weighted by Gasteiger charge is -2.11. The maximum absolute atomic E-state index is 13.0. The van der Waals surface area contributed by atoms with Gasteiger partial charge in [-0.05, 0) is 42.0 Å². The summed E-state index contributed by atoms with van der Waals surface area (Å²) in [5, 5.41) is 5.43. The van der Waals surface area contributed by atoms with Crippen molar-refractivity contribution in [3.8, 4) is 11.3 Å². The van der Waals surface area contributed by atoms with E-state index in [1.54, 1.807) is 36.4 Å². The lowest BCUT2D eigenvalue weighted by Crippen LogP contribution is -2.23. The molecule has 1 heterocycles. The van der Waals surface area contributed by atoms with Crippen LogP contribution in [0.2, 0.25) is 15.1 Å². The first kappa shape index (κ1) is 19.7. The molecule has 0 spiro atoms. The standard InChI is InChI=1S/C23H15Cl3N2O/c24-16-8-5-14(6-9-16)22-12-19(18-3-1-2-4-21(18)28-22)23(29)27-13-15-7-10-17(25)11-20(15)26/h1-12H,13H2,(H,27,29). The number of carbonyl (C=O) groups is 1. The molecular formula is C23H15Cl3N2O. The molecule has 29 heavy (non-hydrogen) atoms. The summed E-state index contributed by atoms with van der Waals surface area (Å²) in [7, 11) is 0. The van der Waals surface area contributed by atoms with Crippen LogP contribution in [0.15, 0.2) is 72.8 Å². The third-order valence-electron chi connectivity index (χ3n) is 4.56. The number of fused-ring (bicyclic) bond motifs is 1. The van der Waals surface area contributed by atoms with Gasteiger partial charge in [0, 0.05) is 32.6 Å². The number of hydrogen-bond donors (Lipinski definition) is 1. The van der Waals surface area contributed by atoms with Gasteiger partial charge in [0.25, 0.3) is 5.91 Å². The molecule has 6 heteroatoms. The largest absolute Gasteiger partial charge is 0.348 e. The van der Waals surface area contributed by atoms with Gasteiger partial charge < -0.3 is 5.32 Å². The van der Waals surface area contributed by atoms with Gasteiger partial charge in [0.15, 0.2) is 0 Å². The molecule has 0 atom stereocenters. The van der Waals surface area contributed by atoms with Crippen molar-refractivity contribution >= 4 is 51.6 Å². The average molecular weight is 442 g/mol. The van der Waals surface area contributed by atoms with Crippen LogP contribution < -0.4 is 5.32 Å². The number of carbonyl (C=O) groups excluding carboxylic acids is 1. The second-order valence-electron chi connectivity index (χ2n) is 6.50. The molecule has 1 N–H and O–H groups in total. The Hall–Kier alpha value is -2.59. The van der Waals surface area contributed by atoms with Crippen molar-refractivity contribution in [2.24, 2.45) is 0 Å². The molecule has 0 saturated heterocycles. The molecule has 0 aliphatic rings. The zero-order valence-electron chi connectivity index (χ0n) is 15.1. The van der Waals surface area contributed by atoms with Gasteiger partial charge in [-0.2, -0.15) is 0 Å². The molecule has 0 aliphatic carbocycles. The smallest absolute Gasteiger partial charge is 0.252 e. The molecule has 0 aliphatic heterocycles. The molecule has 0 fully saturated rings. The molecule has 0 unspecified atom stereocenters. The predicted octanol–water partition coefficient (Wildman–Crippen LogP) is 6.79. The van der Waals surface area contributed by atoms with Crippen molar-refractivity contribution in [1.82, 2.24) is 10.3 Å². The van der Waals surface area contributed by atoms with Crippen LogP contribution in [-0.4, -0.2) is 10.9 Å². The second-order valence-corrected chi connectivity index (χ2v) is 7.78. The summed E-state index contributed by atoms with van der Waals surface area (Å²) < 4.78 is 0. The molecule has 0 bridgehead atoms. The average Bonchev–Trinajstić information content (AvgIpc) is 2.72. The van der Waals surface area contributed by atoms with E-state index in [1.807, 2.05) is 36.4 Å². The summed E-state index contributed by atoms with van der Waals surface area (Å²) in [5.74, 6) is -0.204. The Morgan fingerprint density at radius 2 is 1.59 bits per heavy atom.